The summed E-state index contributed by atoms with van der Waals surface area (Å²) in [4.78, 5) is 22.5. The zero-order valence-corrected chi connectivity index (χ0v) is 14.1. The fraction of sp³-hybridized carbons (Fsp3) is 0.875. The highest BCUT2D eigenvalue weighted by Crippen LogP contribution is 2.08. The zero-order chi connectivity index (χ0) is 15.8. The SMILES string of the molecule is CC.CNCC(=O)NCCCCCCCC(=O)C(C)C. The Bertz CT molecular complexity index is 241. The van der Waals surface area contributed by atoms with Crippen LogP contribution in [0.4, 0.5) is 0 Å². The first-order chi connectivity index (χ1) is 9.57. The number of ketones is 1. The van der Waals surface area contributed by atoms with Crippen LogP contribution in [0.3, 0.4) is 0 Å². The van der Waals surface area contributed by atoms with Gasteiger partial charge < -0.3 is 10.6 Å². The molecule has 0 aromatic carbocycles. The van der Waals surface area contributed by atoms with E-state index in [1.807, 2.05) is 27.7 Å². The van der Waals surface area contributed by atoms with E-state index in [0.717, 1.165) is 45.1 Å². The van der Waals surface area contributed by atoms with Gasteiger partial charge >= 0.3 is 0 Å². The lowest BCUT2D eigenvalue weighted by molar-refractivity contribution is -0.122. The molecule has 0 aromatic heterocycles. The second-order valence-electron chi connectivity index (χ2n) is 5.02. The summed E-state index contributed by atoms with van der Waals surface area (Å²) < 4.78 is 0. The van der Waals surface area contributed by atoms with Crippen molar-refractivity contribution in [3.05, 3.63) is 0 Å². The van der Waals surface area contributed by atoms with Crippen molar-refractivity contribution in [2.24, 2.45) is 5.92 Å². The summed E-state index contributed by atoms with van der Waals surface area (Å²) >= 11 is 0. The van der Waals surface area contributed by atoms with Crippen molar-refractivity contribution in [1.29, 1.82) is 0 Å². The van der Waals surface area contributed by atoms with Crippen LogP contribution in [-0.2, 0) is 9.59 Å². The molecule has 0 aliphatic carbocycles. The Morgan fingerprint density at radius 1 is 0.950 bits per heavy atom. The van der Waals surface area contributed by atoms with E-state index in [4.69, 9.17) is 0 Å². The summed E-state index contributed by atoms with van der Waals surface area (Å²) in [6, 6.07) is 0. The van der Waals surface area contributed by atoms with Crippen LogP contribution in [-0.4, -0.2) is 31.8 Å². The third kappa shape index (κ3) is 15.2. The highest BCUT2D eigenvalue weighted by molar-refractivity contribution is 5.80. The molecule has 0 saturated carbocycles. The number of Topliss-reactive ketones (excluding diaryl/α,β-unsaturated/α-hetero) is 1. The van der Waals surface area contributed by atoms with Gasteiger partial charge in [0.05, 0.1) is 6.54 Å². The first-order valence-corrected chi connectivity index (χ1v) is 8.02. The molecular formula is C16H34N2O2. The second kappa shape index (κ2) is 16.2. The molecule has 0 rings (SSSR count). The van der Waals surface area contributed by atoms with E-state index in [1.54, 1.807) is 7.05 Å². The largest absolute Gasteiger partial charge is 0.355 e. The number of unbranched alkanes of at least 4 members (excludes halogenated alkanes) is 4. The van der Waals surface area contributed by atoms with E-state index >= 15 is 0 Å². The Morgan fingerprint density at radius 2 is 1.50 bits per heavy atom. The Morgan fingerprint density at radius 3 is 2.05 bits per heavy atom. The lowest BCUT2D eigenvalue weighted by Gasteiger charge is -2.05. The summed E-state index contributed by atoms with van der Waals surface area (Å²) in [5.41, 5.74) is 0. The van der Waals surface area contributed by atoms with Gasteiger partial charge in [-0.25, -0.2) is 0 Å². The third-order valence-electron chi connectivity index (χ3n) is 2.90. The number of carbonyl (C=O) groups excluding carboxylic acids is 2. The molecule has 0 aliphatic rings. The van der Waals surface area contributed by atoms with Crippen LogP contribution >= 0.6 is 0 Å². The Labute approximate surface area is 125 Å². The van der Waals surface area contributed by atoms with E-state index in [-0.39, 0.29) is 11.8 Å². The molecule has 0 fully saturated rings. The van der Waals surface area contributed by atoms with Crippen LogP contribution < -0.4 is 10.6 Å². The molecule has 4 nitrogen and oxygen atoms in total. The van der Waals surface area contributed by atoms with Gasteiger partial charge in [0.15, 0.2) is 0 Å². The normalized spacial score (nSPS) is 9.90. The lowest BCUT2D eigenvalue weighted by atomic mass is 10.0. The van der Waals surface area contributed by atoms with E-state index < -0.39 is 0 Å². The number of amides is 1. The molecule has 0 unspecified atom stereocenters. The summed E-state index contributed by atoms with van der Waals surface area (Å²) in [5, 5.41) is 5.66. The van der Waals surface area contributed by atoms with Gasteiger partial charge in [-0.05, 0) is 19.9 Å². The highest BCUT2D eigenvalue weighted by Gasteiger charge is 2.05. The van der Waals surface area contributed by atoms with Gasteiger partial charge in [-0.3, -0.25) is 9.59 Å². The van der Waals surface area contributed by atoms with Gasteiger partial charge in [-0.1, -0.05) is 47.0 Å². The minimum absolute atomic E-state index is 0.0556. The minimum Gasteiger partial charge on any atom is -0.355 e. The van der Waals surface area contributed by atoms with Crippen LogP contribution in [0.1, 0.15) is 66.2 Å². The molecule has 0 aliphatic heterocycles. The molecule has 0 saturated heterocycles. The van der Waals surface area contributed by atoms with E-state index in [0.29, 0.717) is 12.3 Å². The van der Waals surface area contributed by atoms with Crippen molar-refractivity contribution >= 4 is 11.7 Å². The highest BCUT2D eigenvalue weighted by atomic mass is 16.1. The monoisotopic (exact) mass is 286 g/mol. The molecular weight excluding hydrogens is 252 g/mol. The summed E-state index contributed by atoms with van der Waals surface area (Å²) in [7, 11) is 1.76. The van der Waals surface area contributed by atoms with Gasteiger partial charge in [0.25, 0.3) is 0 Å². The molecule has 120 valence electrons. The minimum atomic E-state index is 0.0556. The van der Waals surface area contributed by atoms with Crippen molar-refractivity contribution < 1.29 is 9.59 Å². The average molecular weight is 286 g/mol. The third-order valence-corrected chi connectivity index (χ3v) is 2.90. The molecule has 2 N–H and O–H groups in total. The van der Waals surface area contributed by atoms with Crippen LogP contribution in [0, 0.1) is 5.92 Å². The van der Waals surface area contributed by atoms with Gasteiger partial charge in [-0.15, -0.1) is 0 Å². The number of nitrogens with one attached hydrogen (secondary N) is 2. The van der Waals surface area contributed by atoms with Crippen LogP contribution in [0.25, 0.3) is 0 Å². The van der Waals surface area contributed by atoms with Gasteiger partial charge in [0.1, 0.15) is 5.78 Å². The van der Waals surface area contributed by atoms with Crippen LogP contribution in [0.2, 0.25) is 0 Å². The standard InChI is InChI=1S/C14H28N2O2.C2H6/c1-12(2)13(17)9-7-5-4-6-8-10-16-14(18)11-15-3;1-2/h12,15H,4-11H2,1-3H3,(H,16,18);1-2H3. The van der Waals surface area contributed by atoms with Gasteiger partial charge in [-0.2, -0.15) is 0 Å². The topological polar surface area (TPSA) is 58.2 Å². The summed E-state index contributed by atoms with van der Waals surface area (Å²) in [6.07, 6.45) is 6.12. The van der Waals surface area contributed by atoms with Crippen molar-refractivity contribution in [2.45, 2.75) is 66.2 Å². The number of likely N-dealkylation sites (N-methyl/N-ethyl adjacent to an activating group) is 1. The van der Waals surface area contributed by atoms with E-state index in [1.165, 1.54) is 0 Å². The van der Waals surface area contributed by atoms with Gasteiger partial charge in [0, 0.05) is 18.9 Å². The van der Waals surface area contributed by atoms with Crippen molar-refractivity contribution in [1.82, 2.24) is 10.6 Å². The predicted octanol–water partition coefficient (Wildman–Crippen LogP) is 2.91. The van der Waals surface area contributed by atoms with Crippen molar-refractivity contribution in [2.75, 3.05) is 20.1 Å². The Hall–Kier alpha value is -0.900. The van der Waals surface area contributed by atoms with E-state index in [9.17, 15) is 9.59 Å². The number of rotatable bonds is 11. The van der Waals surface area contributed by atoms with Gasteiger partial charge in [0.2, 0.25) is 5.91 Å². The quantitative estimate of drug-likeness (QED) is 0.574. The molecule has 0 heterocycles. The number of carbonyl (C=O) groups is 2. The molecule has 0 aromatic rings. The molecule has 1 amide bonds. The van der Waals surface area contributed by atoms with E-state index in [2.05, 4.69) is 10.6 Å². The van der Waals surface area contributed by atoms with Crippen LogP contribution in [0.15, 0.2) is 0 Å². The molecule has 0 atom stereocenters. The number of hydrogen-bond acceptors (Lipinski definition) is 3. The molecule has 0 spiro atoms. The molecule has 0 radical (unpaired) electrons. The molecule has 0 bridgehead atoms. The summed E-state index contributed by atoms with van der Waals surface area (Å²) in [6.45, 7) is 9.05. The Kier molecular flexibility index (Phi) is 17.3. The van der Waals surface area contributed by atoms with Crippen molar-refractivity contribution in [3.63, 3.8) is 0 Å². The fourth-order valence-electron chi connectivity index (χ4n) is 1.69. The maximum atomic E-state index is 11.4. The first-order valence-electron chi connectivity index (χ1n) is 8.02. The number of hydrogen-bond donors (Lipinski definition) is 2. The van der Waals surface area contributed by atoms with Crippen molar-refractivity contribution in [3.8, 4) is 0 Å². The molecule has 20 heavy (non-hydrogen) atoms. The summed E-state index contributed by atoms with van der Waals surface area (Å²) in [5.74, 6) is 0.599. The lowest BCUT2D eigenvalue weighted by Crippen LogP contribution is -2.32. The smallest absolute Gasteiger partial charge is 0.233 e. The molecule has 4 heteroatoms. The predicted molar refractivity (Wildman–Crippen MR) is 85.8 cm³/mol. The van der Waals surface area contributed by atoms with Crippen LogP contribution in [0.5, 0.6) is 0 Å². The second-order valence-corrected chi connectivity index (χ2v) is 5.02. The first kappa shape index (κ1) is 21.4. The maximum absolute atomic E-state index is 11.4. The maximum Gasteiger partial charge on any atom is 0.233 e. The average Bonchev–Trinajstić information content (AvgIpc) is 2.43. The Balaban J connectivity index is 0. The fourth-order valence-corrected chi connectivity index (χ4v) is 1.69. The zero-order valence-electron chi connectivity index (χ0n) is 14.1.